The lowest BCUT2D eigenvalue weighted by molar-refractivity contribution is -0.0706. The minimum Gasteiger partial charge on any atom is -0.475 e. The monoisotopic (exact) mass is 374 g/mol. The lowest BCUT2D eigenvalue weighted by Crippen LogP contribution is -2.72. The first-order chi connectivity index (χ1) is 13.0. The molecule has 144 valence electrons. The van der Waals surface area contributed by atoms with Crippen molar-refractivity contribution in [3.05, 3.63) is 41.7 Å². The maximum atomic E-state index is 13.7. The van der Waals surface area contributed by atoms with E-state index < -0.39 is 5.82 Å². The van der Waals surface area contributed by atoms with Gasteiger partial charge < -0.3 is 14.2 Å². The van der Waals surface area contributed by atoms with Gasteiger partial charge in [0.05, 0.1) is 17.8 Å². The first kappa shape index (κ1) is 17.9. The Labute approximate surface area is 157 Å². The van der Waals surface area contributed by atoms with E-state index in [0.717, 1.165) is 19.4 Å². The smallest absolute Gasteiger partial charge is 0.292 e. The first-order valence-electron chi connectivity index (χ1n) is 9.14. The number of carbonyl (C=O) groups excluding carboxylic acids is 1. The first-order valence-corrected chi connectivity index (χ1v) is 9.14. The zero-order valence-electron chi connectivity index (χ0n) is 15.5. The predicted octanol–water partition coefficient (Wildman–Crippen LogP) is 2.13. The van der Waals surface area contributed by atoms with Crippen LogP contribution in [0.2, 0.25) is 0 Å². The molecule has 0 N–H and O–H groups in total. The van der Waals surface area contributed by atoms with Crippen molar-refractivity contribution >= 4 is 5.91 Å². The number of likely N-dealkylation sites (tertiary alicyclic amines) is 2. The normalized spacial score (nSPS) is 21.9. The fraction of sp³-hybridized carbons (Fsp3) is 0.526. The number of pyridine rings is 1. The average molecular weight is 374 g/mol. The Morgan fingerprint density at radius 1 is 1.48 bits per heavy atom. The van der Waals surface area contributed by atoms with E-state index >= 15 is 0 Å². The van der Waals surface area contributed by atoms with E-state index in [4.69, 9.17) is 9.26 Å². The molecule has 1 atom stereocenters. The van der Waals surface area contributed by atoms with Crippen molar-refractivity contribution in [1.82, 2.24) is 19.9 Å². The fourth-order valence-corrected chi connectivity index (χ4v) is 4.02. The van der Waals surface area contributed by atoms with Gasteiger partial charge in [-0.15, -0.1) is 0 Å². The number of piperidine rings is 1. The number of amides is 1. The standard InChI is InChI=1S/C19H23FN4O3/c1-13-8-16(27-22-13)18(25)24-11-19(12-24)9-14(5-7-23(19)2)10-26-17-15(20)4-3-6-21-17/h3-4,6,8,14H,5,7,9-12H2,1-2H3/t14-/m0/s1. The summed E-state index contributed by atoms with van der Waals surface area (Å²) in [6.45, 7) is 4.44. The quantitative estimate of drug-likeness (QED) is 0.817. The minimum atomic E-state index is -0.442. The average Bonchev–Trinajstić information content (AvgIpc) is 3.06. The molecule has 0 aromatic carbocycles. The number of aromatic nitrogens is 2. The zero-order valence-corrected chi connectivity index (χ0v) is 15.5. The second kappa shape index (κ2) is 6.92. The van der Waals surface area contributed by atoms with Gasteiger partial charge in [0.25, 0.3) is 5.91 Å². The lowest BCUT2D eigenvalue weighted by Gasteiger charge is -2.58. The van der Waals surface area contributed by atoms with Crippen LogP contribution in [-0.2, 0) is 0 Å². The van der Waals surface area contributed by atoms with Crippen LogP contribution >= 0.6 is 0 Å². The molecule has 8 heteroatoms. The van der Waals surface area contributed by atoms with Gasteiger partial charge in [0.1, 0.15) is 0 Å². The molecular formula is C19H23FN4O3. The molecule has 27 heavy (non-hydrogen) atoms. The summed E-state index contributed by atoms with van der Waals surface area (Å²) in [4.78, 5) is 20.6. The zero-order chi connectivity index (χ0) is 19.0. The minimum absolute atomic E-state index is 0.0524. The molecule has 2 fully saturated rings. The van der Waals surface area contributed by atoms with Crippen molar-refractivity contribution in [2.24, 2.45) is 5.92 Å². The molecule has 0 saturated carbocycles. The number of nitrogens with zero attached hydrogens (tertiary/aromatic N) is 4. The number of hydrogen-bond donors (Lipinski definition) is 0. The maximum Gasteiger partial charge on any atom is 0.292 e. The van der Waals surface area contributed by atoms with Crippen LogP contribution in [0.5, 0.6) is 5.88 Å². The summed E-state index contributed by atoms with van der Waals surface area (Å²) in [5.74, 6) is 0.0711. The third-order valence-electron chi connectivity index (χ3n) is 5.63. The molecule has 2 aromatic rings. The molecule has 0 unspecified atom stereocenters. The van der Waals surface area contributed by atoms with E-state index in [1.807, 2.05) is 0 Å². The number of rotatable bonds is 4. The summed E-state index contributed by atoms with van der Waals surface area (Å²) in [5, 5.41) is 3.78. The van der Waals surface area contributed by atoms with Gasteiger partial charge in [-0.3, -0.25) is 9.69 Å². The molecule has 0 radical (unpaired) electrons. The summed E-state index contributed by atoms with van der Waals surface area (Å²) in [6.07, 6.45) is 3.40. The third-order valence-corrected chi connectivity index (χ3v) is 5.63. The highest BCUT2D eigenvalue weighted by molar-refractivity contribution is 5.92. The molecule has 2 aliphatic heterocycles. The second-order valence-electron chi connectivity index (χ2n) is 7.60. The highest BCUT2D eigenvalue weighted by atomic mass is 19.1. The Kier molecular flexibility index (Phi) is 4.59. The van der Waals surface area contributed by atoms with Crippen LogP contribution in [-0.4, -0.2) is 64.7 Å². The molecule has 0 bridgehead atoms. The molecule has 2 aliphatic rings. The molecule has 7 nitrogen and oxygen atoms in total. The van der Waals surface area contributed by atoms with Crippen LogP contribution in [0.4, 0.5) is 4.39 Å². The Balaban J connectivity index is 1.36. The molecule has 2 aromatic heterocycles. The lowest BCUT2D eigenvalue weighted by atomic mass is 9.75. The van der Waals surface area contributed by atoms with Gasteiger partial charge in [0.15, 0.2) is 5.82 Å². The van der Waals surface area contributed by atoms with Crippen LogP contribution in [0.25, 0.3) is 0 Å². The van der Waals surface area contributed by atoms with Crippen molar-refractivity contribution in [3.8, 4) is 5.88 Å². The number of likely N-dealkylation sites (N-methyl/N-ethyl adjacent to an activating group) is 1. The van der Waals surface area contributed by atoms with Gasteiger partial charge >= 0.3 is 0 Å². The summed E-state index contributed by atoms with van der Waals surface area (Å²) < 4.78 is 24.4. The molecule has 4 rings (SSSR count). The van der Waals surface area contributed by atoms with Crippen LogP contribution < -0.4 is 4.74 Å². The summed E-state index contributed by atoms with van der Waals surface area (Å²) >= 11 is 0. The molecular weight excluding hydrogens is 351 g/mol. The van der Waals surface area contributed by atoms with Crippen molar-refractivity contribution in [1.29, 1.82) is 0 Å². The third kappa shape index (κ3) is 3.41. The van der Waals surface area contributed by atoms with E-state index in [1.54, 1.807) is 24.0 Å². The van der Waals surface area contributed by atoms with Gasteiger partial charge in [-0.25, -0.2) is 9.37 Å². The molecule has 4 heterocycles. The maximum absolute atomic E-state index is 13.7. The molecule has 1 spiro atoms. The number of hydrogen-bond acceptors (Lipinski definition) is 6. The van der Waals surface area contributed by atoms with Gasteiger partial charge in [-0.05, 0) is 51.4 Å². The summed E-state index contributed by atoms with van der Waals surface area (Å²) in [6, 6.07) is 4.55. The van der Waals surface area contributed by atoms with E-state index in [9.17, 15) is 9.18 Å². The summed E-state index contributed by atoms with van der Waals surface area (Å²) in [7, 11) is 2.09. The summed E-state index contributed by atoms with van der Waals surface area (Å²) in [5.41, 5.74) is 0.641. The van der Waals surface area contributed by atoms with Crippen molar-refractivity contribution in [2.75, 3.05) is 33.3 Å². The predicted molar refractivity (Wildman–Crippen MR) is 94.9 cm³/mol. The Bertz CT molecular complexity index is 834. The number of ether oxygens (including phenoxy) is 1. The van der Waals surface area contributed by atoms with Crippen LogP contribution in [0.1, 0.15) is 29.1 Å². The Morgan fingerprint density at radius 3 is 3.00 bits per heavy atom. The van der Waals surface area contributed by atoms with Gasteiger partial charge in [0.2, 0.25) is 11.6 Å². The van der Waals surface area contributed by atoms with E-state index in [1.165, 1.54) is 12.3 Å². The van der Waals surface area contributed by atoms with E-state index in [-0.39, 0.29) is 23.1 Å². The van der Waals surface area contributed by atoms with E-state index in [2.05, 4.69) is 22.1 Å². The van der Waals surface area contributed by atoms with E-state index in [0.29, 0.717) is 31.3 Å². The Morgan fingerprint density at radius 2 is 2.30 bits per heavy atom. The highest BCUT2D eigenvalue weighted by Gasteiger charge is 2.51. The van der Waals surface area contributed by atoms with Crippen molar-refractivity contribution in [2.45, 2.75) is 25.3 Å². The van der Waals surface area contributed by atoms with Crippen LogP contribution in [0.15, 0.2) is 28.9 Å². The second-order valence-corrected chi connectivity index (χ2v) is 7.60. The van der Waals surface area contributed by atoms with Crippen molar-refractivity contribution in [3.63, 3.8) is 0 Å². The van der Waals surface area contributed by atoms with Crippen LogP contribution in [0.3, 0.4) is 0 Å². The highest BCUT2D eigenvalue weighted by Crippen LogP contribution is 2.39. The molecule has 1 amide bonds. The molecule has 0 aliphatic carbocycles. The topological polar surface area (TPSA) is 71.7 Å². The number of halogens is 1. The molecule has 2 saturated heterocycles. The Hall–Kier alpha value is -2.48. The van der Waals surface area contributed by atoms with Crippen molar-refractivity contribution < 1.29 is 18.4 Å². The fourth-order valence-electron chi connectivity index (χ4n) is 4.02. The SMILES string of the molecule is Cc1cc(C(=O)N2CC3(C[C@@H](COc4ncccc4F)CCN3C)C2)on1. The van der Waals surface area contributed by atoms with Gasteiger partial charge in [-0.1, -0.05) is 5.16 Å². The van der Waals surface area contributed by atoms with Crippen LogP contribution in [0, 0.1) is 18.7 Å². The van der Waals surface area contributed by atoms with Gasteiger partial charge in [0, 0.05) is 25.4 Å². The van der Waals surface area contributed by atoms with Gasteiger partial charge in [-0.2, -0.15) is 0 Å². The number of aryl methyl sites for hydroxylation is 1. The largest absolute Gasteiger partial charge is 0.475 e. The number of carbonyl (C=O) groups is 1.